The van der Waals surface area contributed by atoms with Crippen molar-refractivity contribution in [2.24, 2.45) is 0 Å². The van der Waals surface area contributed by atoms with Gasteiger partial charge in [-0.05, 0) is 55.5 Å². The maximum absolute atomic E-state index is 13.1. The van der Waals surface area contributed by atoms with Crippen molar-refractivity contribution in [3.63, 3.8) is 0 Å². The number of nitrogens with zero attached hydrogens (tertiary/aromatic N) is 1. The third-order valence-electron chi connectivity index (χ3n) is 5.52. The van der Waals surface area contributed by atoms with Crippen molar-refractivity contribution < 1.29 is 23.9 Å². The van der Waals surface area contributed by atoms with Crippen LogP contribution in [0.15, 0.2) is 72.8 Å². The summed E-state index contributed by atoms with van der Waals surface area (Å²) in [5.41, 5.74) is 2.15. The summed E-state index contributed by atoms with van der Waals surface area (Å²) in [5, 5.41) is 5.57. The third kappa shape index (κ3) is 3.98. The Bertz CT molecular complexity index is 1240. The first-order valence-corrected chi connectivity index (χ1v) is 10.5. The third-order valence-corrected chi connectivity index (χ3v) is 5.52. The molecule has 2 aliphatic rings. The van der Waals surface area contributed by atoms with Crippen LogP contribution in [0.2, 0.25) is 0 Å². The molecule has 2 aliphatic heterocycles. The first-order chi connectivity index (χ1) is 16.0. The van der Waals surface area contributed by atoms with Crippen LogP contribution in [0, 0.1) is 0 Å². The predicted octanol–water partition coefficient (Wildman–Crippen LogP) is 3.45. The molecule has 2 heterocycles. The molecule has 3 aromatic rings. The fourth-order valence-electron chi connectivity index (χ4n) is 3.89. The number of hydrogen-bond donors (Lipinski definition) is 2. The number of nitrogens with one attached hydrogen (secondary N) is 2. The molecule has 33 heavy (non-hydrogen) atoms. The molecule has 8 nitrogen and oxygen atoms in total. The van der Waals surface area contributed by atoms with Crippen LogP contribution in [0.4, 0.5) is 17.1 Å². The zero-order valence-corrected chi connectivity index (χ0v) is 17.8. The molecule has 0 fully saturated rings. The number of anilines is 3. The van der Waals surface area contributed by atoms with E-state index in [1.165, 1.54) is 4.90 Å². The molecular formula is C25H21N3O5. The Hall–Kier alpha value is -4.33. The number of carbonyl (C=O) groups excluding carboxylic acids is 3. The Morgan fingerprint density at radius 3 is 2.36 bits per heavy atom. The highest BCUT2D eigenvalue weighted by atomic mass is 16.6. The summed E-state index contributed by atoms with van der Waals surface area (Å²) >= 11 is 0. The Kier molecular flexibility index (Phi) is 5.18. The zero-order valence-electron chi connectivity index (χ0n) is 17.8. The molecular weight excluding hydrogens is 422 g/mol. The average molecular weight is 443 g/mol. The van der Waals surface area contributed by atoms with Crippen LogP contribution in [0.3, 0.4) is 0 Å². The summed E-state index contributed by atoms with van der Waals surface area (Å²) in [7, 11) is 0. The van der Waals surface area contributed by atoms with Crippen molar-refractivity contribution in [3.8, 4) is 11.5 Å². The Morgan fingerprint density at radius 1 is 0.939 bits per heavy atom. The molecule has 2 N–H and O–H groups in total. The number of benzene rings is 3. The van der Waals surface area contributed by atoms with Crippen LogP contribution < -0.4 is 25.0 Å². The molecule has 166 valence electrons. The van der Waals surface area contributed by atoms with Gasteiger partial charge < -0.3 is 20.1 Å². The summed E-state index contributed by atoms with van der Waals surface area (Å²) in [4.78, 5) is 39.3. The molecule has 0 saturated heterocycles. The van der Waals surface area contributed by atoms with Gasteiger partial charge >= 0.3 is 0 Å². The number of para-hydroxylation sites is 4. The second-order valence-electron chi connectivity index (χ2n) is 7.83. The smallest absolute Gasteiger partial charge is 0.269 e. The van der Waals surface area contributed by atoms with Crippen molar-refractivity contribution in [3.05, 3.63) is 78.4 Å². The van der Waals surface area contributed by atoms with Gasteiger partial charge in [-0.25, -0.2) is 0 Å². The van der Waals surface area contributed by atoms with E-state index in [4.69, 9.17) is 9.47 Å². The first kappa shape index (κ1) is 20.6. The summed E-state index contributed by atoms with van der Waals surface area (Å²) in [6, 6.07) is 20.9. The summed E-state index contributed by atoms with van der Waals surface area (Å²) < 4.78 is 11.6. The van der Waals surface area contributed by atoms with Crippen molar-refractivity contribution in [2.45, 2.75) is 19.1 Å². The Balaban J connectivity index is 1.29. The van der Waals surface area contributed by atoms with E-state index in [0.29, 0.717) is 34.1 Å². The number of hydrogen-bond acceptors (Lipinski definition) is 5. The maximum atomic E-state index is 13.1. The summed E-state index contributed by atoms with van der Waals surface area (Å²) in [5.74, 6) is 0.214. The van der Waals surface area contributed by atoms with E-state index in [9.17, 15) is 14.4 Å². The minimum atomic E-state index is -0.815. The van der Waals surface area contributed by atoms with Crippen LogP contribution in [-0.2, 0) is 9.59 Å². The molecule has 0 aromatic heterocycles. The molecule has 5 rings (SSSR count). The largest absolute Gasteiger partial charge is 0.482 e. The standard InChI is InChI=1S/C25H21N3O5/c1-15-23(33-21-9-5-4-8-20(21)32-15)24(30)26-17-12-10-16(11-13-17)25(31)28-14-22(29)27-18-6-2-3-7-19(18)28/h2-13,15,23H,14H2,1H3,(H,26,30)(H,27,29). The lowest BCUT2D eigenvalue weighted by molar-refractivity contribution is -0.128. The van der Waals surface area contributed by atoms with E-state index >= 15 is 0 Å². The first-order valence-electron chi connectivity index (χ1n) is 10.5. The maximum Gasteiger partial charge on any atom is 0.269 e. The van der Waals surface area contributed by atoms with Crippen molar-refractivity contribution in [1.82, 2.24) is 0 Å². The lowest BCUT2D eigenvalue weighted by Crippen LogP contribution is -2.46. The molecule has 0 spiro atoms. The van der Waals surface area contributed by atoms with Gasteiger partial charge in [0.25, 0.3) is 11.8 Å². The van der Waals surface area contributed by atoms with E-state index in [2.05, 4.69) is 10.6 Å². The molecule has 0 saturated carbocycles. The molecule has 3 amide bonds. The molecule has 0 radical (unpaired) electrons. The van der Waals surface area contributed by atoms with Crippen LogP contribution in [0.5, 0.6) is 11.5 Å². The van der Waals surface area contributed by atoms with E-state index in [-0.39, 0.29) is 24.3 Å². The van der Waals surface area contributed by atoms with Gasteiger partial charge in [0.05, 0.1) is 11.4 Å². The number of carbonyl (C=O) groups is 3. The summed E-state index contributed by atoms with van der Waals surface area (Å²) in [6.07, 6.45) is -1.28. The number of amides is 3. The van der Waals surface area contributed by atoms with Crippen LogP contribution in [0.1, 0.15) is 17.3 Å². The second kappa shape index (κ2) is 8.31. The molecule has 0 aliphatic carbocycles. The normalized spacial score (nSPS) is 18.7. The van der Waals surface area contributed by atoms with Crippen molar-refractivity contribution >= 4 is 34.8 Å². The Labute approximate surface area is 190 Å². The van der Waals surface area contributed by atoms with E-state index in [1.807, 2.05) is 18.2 Å². The average Bonchev–Trinajstić information content (AvgIpc) is 2.83. The van der Waals surface area contributed by atoms with Crippen LogP contribution >= 0.6 is 0 Å². The highest BCUT2D eigenvalue weighted by Crippen LogP contribution is 2.34. The second-order valence-corrected chi connectivity index (χ2v) is 7.83. The predicted molar refractivity (Wildman–Crippen MR) is 123 cm³/mol. The fraction of sp³-hybridized carbons (Fsp3) is 0.160. The topological polar surface area (TPSA) is 97.0 Å². The van der Waals surface area contributed by atoms with E-state index < -0.39 is 12.2 Å². The van der Waals surface area contributed by atoms with Crippen molar-refractivity contribution in [2.75, 3.05) is 22.1 Å². The highest BCUT2D eigenvalue weighted by Gasteiger charge is 2.34. The van der Waals surface area contributed by atoms with E-state index in [0.717, 1.165) is 0 Å². The number of ether oxygens (including phenoxy) is 2. The van der Waals surface area contributed by atoms with Gasteiger partial charge in [-0.3, -0.25) is 19.3 Å². The SMILES string of the molecule is CC1Oc2ccccc2OC1C(=O)Nc1ccc(C(=O)N2CC(=O)Nc3ccccc32)cc1. The van der Waals surface area contributed by atoms with Gasteiger partial charge in [0.1, 0.15) is 12.6 Å². The highest BCUT2D eigenvalue weighted by molar-refractivity contribution is 6.15. The molecule has 2 atom stereocenters. The number of fused-ring (bicyclic) bond motifs is 2. The quantitative estimate of drug-likeness (QED) is 0.646. The Morgan fingerprint density at radius 2 is 1.61 bits per heavy atom. The monoisotopic (exact) mass is 443 g/mol. The van der Waals surface area contributed by atoms with Crippen molar-refractivity contribution in [1.29, 1.82) is 0 Å². The minimum Gasteiger partial charge on any atom is -0.482 e. The molecule has 3 aromatic carbocycles. The zero-order chi connectivity index (χ0) is 22.9. The lowest BCUT2D eigenvalue weighted by Gasteiger charge is -2.31. The minimum absolute atomic E-state index is 0.0628. The van der Waals surface area contributed by atoms with Gasteiger partial charge in [0.2, 0.25) is 12.0 Å². The summed E-state index contributed by atoms with van der Waals surface area (Å²) in [6.45, 7) is 1.71. The van der Waals surface area contributed by atoms with Gasteiger partial charge in [0, 0.05) is 11.3 Å². The van der Waals surface area contributed by atoms with Crippen LogP contribution in [0.25, 0.3) is 0 Å². The van der Waals surface area contributed by atoms with E-state index in [1.54, 1.807) is 61.5 Å². The lowest BCUT2D eigenvalue weighted by atomic mass is 10.1. The fourth-order valence-corrected chi connectivity index (χ4v) is 3.89. The van der Waals surface area contributed by atoms with Crippen LogP contribution in [-0.4, -0.2) is 36.5 Å². The molecule has 8 heteroatoms. The number of rotatable bonds is 3. The van der Waals surface area contributed by atoms with Gasteiger partial charge in [0.15, 0.2) is 11.5 Å². The molecule has 0 bridgehead atoms. The van der Waals surface area contributed by atoms with Gasteiger partial charge in [-0.2, -0.15) is 0 Å². The van der Waals surface area contributed by atoms with Gasteiger partial charge in [-0.15, -0.1) is 0 Å². The van der Waals surface area contributed by atoms with Gasteiger partial charge in [-0.1, -0.05) is 24.3 Å². The molecule has 2 unspecified atom stereocenters.